The predicted octanol–water partition coefficient (Wildman–Crippen LogP) is -2.01. The van der Waals surface area contributed by atoms with Gasteiger partial charge in [0.05, 0.1) is 0 Å². The molecule has 0 saturated carbocycles. The predicted molar refractivity (Wildman–Crippen MR) is 19.4 cm³/mol. The zero-order valence-electron chi connectivity index (χ0n) is 3.57. The zero-order chi connectivity index (χ0) is 7.00. The van der Waals surface area contributed by atoms with Crippen LogP contribution in [0.1, 0.15) is 0 Å². The fourth-order valence-electron chi connectivity index (χ4n) is 0. The Hall–Kier alpha value is 0.339. The molecule has 0 spiro atoms. The summed E-state index contributed by atoms with van der Waals surface area (Å²) >= 11 is 0. The summed E-state index contributed by atoms with van der Waals surface area (Å²) in [6, 6.07) is 0. The van der Waals surface area contributed by atoms with Crippen LogP contribution in [-0.4, -0.2) is 25.9 Å². The number of rotatable bonds is 1. The van der Waals surface area contributed by atoms with Gasteiger partial charge in [-0.3, -0.25) is 0 Å². The summed E-state index contributed by atoms with van der Waals surface area (Å²) in [6.07, 6.45) is 0. The Labute approximate surface area is 61.6 Å². The fourth-order valence-corrected chi connectivity index (χ4v) is 0. The van der Waals surface area contributed by atoms with Gasteiger partial charge in [-0.2, -0.15) is 0 Å². The van der Waals surface area contributed by atoms with Crippen molar-refractivity contribution >= 4 is 18.3 Å². The topological polar surface area (TPSA) is 114 Å². The molecule has 6 nitrogen and oxygen atoms in total. The Morgan fingerprint density at radius 2 is 0.889 bits per heavy atom. The van der Waals surface area contributed by atoms with Gasteiger partial charge in [-0.05, 0) is 0 Å². The standard InChI is InChI=1S/Cu.H2O6S2/c;1-7(2,3)8(4,5)6/h;(H,1,2,3)(H,4,5,6)/q+2;/p-2. The summed E-state index contributed by atoms with van der Waals surface area (Å²) in [5, 5.41) is 0. The second-order valence-corrected chi connectivity index (χ2v) is 4.90. The summed E-state index contributed by atoms with van der Waals surface area (Å²) < 4.78 is 55.2. The molecule has 0 aliphatic rings. The van der Waals surface area contributed by atoms with Crippen LogP contribution in [0.3, 0.4) is 0 Å². The average molecular weight is 224 g/mol. The first-order valence-corrected chi connectivity index (χ1v) is 4.50. The van der Waals surface area contributed by atoms with Crippen molar-refractivity contribution in [3.63, 3.8) is 0 Å². The molecule has 59 valence electrons. The van der Waals surface area contributed by atoms with Crippen LogP contribution in [-0.2, 0) is 35.4 Å². The molecule has 0 atom stereocenters. The molecule has 9 heavy (non-hydrogen) atoms. The van der Waals surface area contributed by atoms with E-state index in [0.29, 0.717) is 0 Å². The Morgan fingerprint density at radius 1 is 0.778 bits per heavy atom. The molecule has 0 aromatic carbocycles. The summed E-state index contributed by atoms with van der Waals surface area (Å²) in [6.45, 7) is 0. The Kier molecular flexibility index (Phi) is 3.95. The molecular weight excluding hydrogens is 224 g/mol. The van der Waals surface area contributed by atoms with E-state index in [4.69, 9.17) is 0 Å². The quantitative estimate of drug-likeness (QED) is 0.288. The van der Waals surface area contributed by atoms with Crippen LogP contribution in [0.2, 0.25) is 0 Å². The fraction of sp³-hybridized carbons (Fsp3) is 0. The number of hydrogen-bond acceptors (Lipinski definition) is 6. The first kappa shape index (κ1) is 12.1. The Bertz CT molecular complexity index is 223. The van der Waals surface area contributed by atoms with E-state index in [1.165, 1.54) is 0 Å². The van der Waals surface area contributed by atoms with Crippen molar-refractivity contribution in [1.29, 1.82) is 0 Å². The average Bonchev–Trinajstić information content (AvgIpc) is 1.25. The molecule has 9 heteroatoms. The van der Waals surface area contributed by atoms with Crippen LogP contribution >= 0.6 is 0 Å². The van der Waals surface area contributed by atoms with E-state index in [2.05, 4.69) is 0 Å². The minimum Gasteiger partial charge on any atom is -0.736 e. The molecule has 0 aliphatic heterocycles. The first-order chi connectivity index (χ1) is 3.25. The summed E-state index contributed by atoms with van der Waals surface area (Å²) in [7, 11) is -11.3. The van der Waals surface area contributed by atoms with E-state index in [1.807, 2.05) is 0 Å². The molecule has 0 fully saturated rings. The minimum absolute atomic E-state index is 0. The van der Waals surface area contributed by atoms with Gasteiger partial charge >= 0.3 is 17.1 Å². The minimum atomic E-state index is -5.67. The molecule has 0 aromatic heterocycles. The maximum atomic E-state index is 9.20. The second-order valence-electron chi connectivity index (χ2n) is 0.816. The van der Waals surface area contributed by atoms with Crippen LogP contribution in [0.25, 0.3) is 0 Å². The van der Waals surface area contributed by atoms with E-state index in [1.54, 1.807) is 0 Å². The van der Waals surface area contributed by atoms with Crippen LogP contribution in [0.15, 0.2) is 0 Å². The van der Waals surface area contributed by atoms with E-state index < -0.39 is 18.3 Å². The van der Waals surface area contributed by atoms with E-state index in [9.17, 15) is 25.9 Å². The van der Waals surface area contributed by atoms with Crippen LogP contribution in [0, 0.1) is 0 Å². The van der Waals surface area contributed by atoms with E-state index in [-0.39, 0.29) is 17.1 Å². The molecule has 0 unspecified atom stereocenters. The van der Waals surface area contributed by atoms with E-state index >= 15 is 0 Å². The molecule has 0 N–H and O–H groups in total. The summed E-state index contributed by atoms with van der Waals surface area (Å²) in [5.74, 6) is 0. The Balaban J connectivity index is 0. The summed E-state index contributed by atoms with van der Waals surface area (Å²) in [4.78, 5) is 0. The third-order valence-corrected chi connectivity index (χ3v) is 2.25. The van der Waals surface area contributed by atoms with E-state index in [0.717, 1.165) is 0 Å². The van der Waals surface area contributed by atoms with Gasteiger partial charge in [-0.1, -0.05) is 0 Å². The second kappa shape index (κ2) is 2.95. The molecule has 0 amide bonds. The van der Waals surface area contributed by atoms with Crippen molar-refractivity contribution in [3.05, 3.63) is 0 Å². The first-order valence-electron chi connectivity index (χ1n) is 1.17. The maximum absolute atomic E-state index is 9.20. The van der Waals surface area contributed by atoms with Crippen LogP contribution in [0.4, 0.5) is 0 Å². The van der Waals surface area contributed by atoms with Crippen molar-refractivity contribution in [3.8, 4) is 0 Å². The molecule has 0 bridgehead atoms. The number of hydrogen-bond donors (Lipinski definition) is 0. The third kappa shape index (κ3) is 3.84. The third-order valence-electron chi connectivity index (χ3n) is 0.250. The van der Waals surface area contributed by atoms with Crippen LogP contribution < -0.4 is 0 Å². The van der Waals surface area contributed by atoms with Gasteiger partial charge in [0.25, 0.3) is 0 Å². The van der Waals surface area contributed by atoms with Crippen molar-refractivity contribution < 1.29 is 43.0 Å². The smallest absolute Gasteiger partial charge is 0.736 e. The normalized spacial score (nSPS) is 12.2. The van der Waals surface area contributed by atoms with Gasteiger partial charge in [0.2, 0.25) is 0 Å². The summed E-state index contributed by atoms with van der Waals surface area (Å²) in [5.41, 5.74) is 0. The molecule has 0 rings (SSSR count). The molecular formula is CuO6S2. The van der Waals surface area contributed by atoms with Gasteiger partial charge in [-0.25, -0.2) is 16.8 Å². The molecule has 0 heterocycles. The molecule has 1 radical (unpaired) electrons. The molecule has 0 saturated heterocycles. The van der Waals surface area contributed by atoms with Gasteiger partial charge < -0.3 is 9.11 Å². The van der Waals surface area contributed by atoms with Crippen molar-refractivity contribution in [2.75, 3.05) is 0 Å². The largest absolute Gasteiger partial charge is 2.00 e. The van der Waals surface area contributed by atoms with Crippen molar-refractivity contribution in [2.24, 2.45) is 0 Å². The Morgan fingerprint density at radius 3 is 0.889 bits per heavy atom. The van der Waals surface area contributed by atoms with Crippen LogP contribution in [0.5, 0.6) is 0 Å². The SMILES string of the molecule is O=S(=O)([O-])S(=O)(=O)[O-].[Cu+2]. The monoisotopic (exact) mass is 223 g/mol. The van der Waals surface area contributed by atoms with Gasteiger partial charge in [-0.15, -0.1) is 0 Å². The molecule has 0 aromatic rings. The van der Waals surface area contributed by atoms with Crippen molar-refractivity contribution in [1.82, 2.24) is 0 Å². The molecule has 0 aliphatic carbocycles. The van der Waals surface area contributed by atoms with Gasteiger partial charge in [0, 0.05) is 0 Å². The van der Waals surface area contributed by atoms with Gasteiger partial charge in [0.15, 0.2) is 18.3 Å². The zero-order valence-corrected chi connectivity index (χ0v) is 6.14. The van der Waals surface area contributed by atoms with Crippen molar-refractivity contribution in [2.45, 2.75) is 0 Å². The maximum Gasteiger partial charge on any atom is 2.00 e. The van der Waals surface area contributed by atoms with Gasteiger partial charge in [0.1, 0.15) is 0 Å².